The van der Waals surface area contributed by atoms with E-state index < -0.39 is 0 Å². The van der Waals surface area contributed by atoms with E-state index >= 15 is 0 Å². The van der Waals surface area contributed by atoms with Crippen molar-refractivity contribution in [2.24, 2.45) is 5.10 Å². The molecule has 3 aromatic carbocycles. The summed E-state index contributed by atoms with van der Waals surface area (Å²) in [5.41, 5.74) is 4.41. The molecule has 0 aliphatic rings. The van der Waals surface area contributed by atoms with E-state index in [-0.39, 0.29) is 11.7 Å². The molecule has 0 spiro atoms. The van der Waals surface area contributed by atoms with Gasteiger partial charge in [0.2, 0.25) is 0 Å². The summed E-state index contributed by atoms with van der Waals surface area (Å²) >= 11 is 0. The number of carbonyl (C=O) groups excluding carboxylic acids is 1. The summed E-state index contributed by atoms with van der Waals surface area (Å²) in [6.45, 7) is 1.82. The minimum atomic E-state index is -0.385. The molecule has 0 fully saturated rings. The largest absolute Gasteiger partial charge is 0.497 e. The molecule has 0 saturated carbocycles. The van der Waals surface area contributed by atoms with E-state index in [0.717, 1.165) is 22.1 Å². The van der Waals surface area contributed by atoms with Crippen molar-refractivity contribution >= 4 is 22.4 Å². The molecule has 5 heteroatoms. The molecule has 0 aliphatic heterocycles. The first-order chi connectivity index (χ1) is 12.1. The van der Waals surface area contributed by atoms with Crippen molar-refractivity contribution in [2.75, 3.05) is 7.11 Å². The number of nitrogens with zero attached hydrogens (tertiary/aromatic N) is 1. The van der Waals surface area contributed by atoms with Crippen molar-refractivity contribution in [3.63, 3.8) is 0 Å². The van der Waals surface area contributed by atoms with E-state index in [2.05, 4.69) is 10.5 Å². The van der Waals surface area contributed by atoms with Gasteiger partial charge in [-0.25, -0.2) is 9.82 Å². The van der Waals surface area contributed by atoms with E-state index in [1.807, 2.05) is 43.3 Å². The molecule has 0 unspecified atom stereocenters. The Balaban J connectivity index is 1.78. The van der Waals surface area contributed by atoms with Crippen molar-refractivity contribution in [2.45, 2.75) is 6.92 Å². The van der Waals surface area contributed by atoms with Gasteiger partial charge in [-0.1, -0.05) is 18.2 Å². The van der Waals surface area contributed by atoms with Crippen LogP contribution in [0.4, 0.5) is 4.39 Å². The second-order valence-corrected chi connectivity index (χ2v) is 5.57. The Labute approximate surface area is 144 Å². The van der Waals surface area contributed by atoms with E-state index in [0.29, 0.717) is 11.3 Å². The number of benzene rings is 3. The third kappa shape index (κ3) is 3.83. The van der Waals surface area contributed by atoms with E-state index in [1.54, 1.807) is 7.11 Å². The molecular weight excluding hydrogens is 319 g/mol. The Kier molecular flexibility index (Phi) is 4.75. The lowest BCUT2D eigenvalue weighted by molar-refractivity contribution is 0.0955. The van der Waals surface area contributed by atoms with Crippen LogP contribution in [0.15, 0.2) is 65.8 Å². The average molecular weight is 336 g/mol. The van der Waals surface area contributed by atoms with E-state index in [1.165, 1.54) is 24.3 Å². The Morgan fingerprint density at radius 3 is 2.32 bits per heavy atom. The smallest absolute Gasteiger partial charge is 0.271 e. The molecule has 3 aromatic rings. The van der Waals surface area contributed by atoms with E-state index in [4.69, 9.17) is 4.74 Å². The fourth-order valence-corrected chi connectivity index (χ4v) is 2.44. The van der Waals surface area contributed by atoms with Crippen molar-refractivity contribution < 1.29 is 13.9 Å². The summed E-state index contributed by atoms with van der Waals surface area (Å²) in [7, 11) is 1.64. The molecule has 25 heavy (non-hydrogen) atoms. The van der Waals surface area contributed by atoms with Gasteiger partial charge in [-0.3, -0.25) is 4.79 Å². The van der Waals surface area contributed by atoms with Crippen LogP contribution in [-0.2, 0) is 0 Å². The molecule has 4 nitrogen and oxygen atoms in total. The van der Waals surface area contributed by atoms with Crippen LogP contribution in [0.3, 0.4) is 0 Å². The highest BCUT2D eigenvalue weighted by atomic mass is 19.1. The van der Waals surface area contributed by atoms with Gasteiger partial charge in [0.05, 0.1) is 12.8 Å². The molecular formula is C20H17FN2O2. The van der Waals surface area contributed by atoms with Gasteiger partial charge in [-0.2, -0.15) is 5.10 Å². The molecule has 1 amide bonds. The summed E-state index contributed by atoms with van der Waals surface area (Å²) in [4.78, 5) is 12.0. The summed E-state index contributed by atoms with van der Waals surface area (Å²) in [5, 5.41) is 6.25. The Morgan fingerprint density at radius 2 is 1.60 bits per heavy atom. The first kappa shape index (κ1) is 16.6. The maximum atomic E-state index is 12.9. The molecule has 3 rings (SSSR count). The Bertz CT molecular complexity index is 950. The van der Waals surface area contributed by atoms with Crippen LogP contribution >= 0.6 is 0 Å². The number of ether oxygens (including phenoxy) is 1. The molecule has 0 atom stereocenters. The molecule has 0 aliphatic carbocycles. The van der Waals surface area contributed by atoms with Crippen LogP contribution in [0.5, 0.6) is 5.75 Å². The second-order valence-electron chi connectivity index (χ2n) is 5.57. The minimum Gasteiger partial charge on any atom is -0.497 e. The molecule has 0 bridgehead atoms. The van der Waals surface area contributed by atoms with Crippen LogP contribution in [0.2, 0.25) is 0 Å². The van der Waals surface area contributed by atoms with Gasteiger partial charge >= 0.3 is 0 Å². The number of amides is 1. The summed E-state index contributed by atoms with van der Waals surface area (Å²) in [6, 6.07) is 17.1. The molecule has 0 saturated heterocycles. The highest BCUT2D eigenvalue weighted by molar-refractivity contribution is 6.03. The predicted octanol–water partition coefficient (Wildman–Crippen LogP) is 4.14. The first-order valence-corrected chi connectivity index (χ1v) is 7.75. The topological polar surface area (TPSA) is 50.7 Å². The molecule has 0 aromatic heterocycles. The fourth-order valence-electron chi connectivity index (χ4n) is 2.44. The molecule has 1 N–H and O–H groups in total. The van der Waals surface area contributed by atoms with Gasteiger partial charge < -0.3 is 4.74 Å². The second kappa shape index (κ2) is 7.13. The number of hydrogen-bond acceptors (Lipinski definition) is 3. The monoisotopic (exact) mass is 336 g/mol. The number of methoxy groups -OCH3 is 1. The summed E-state index contributed by atoms with van der Waals surface area (Å²) < 4.78 is 18.1. The first-order valence-electron chi connectivity index (χ1n) is 7.75. The zero-order valence-electron chi connectivity index (χ0n) is 13.9. The van der Waals surface area contributed by atoms with Crippen molar-refractivity contribution in [1.82, 2.24) is 5.43 Å². The number of rotatable bonds is 4. The van der Waals surface area contributed by atoms with Gasteiger partial charge in [-0.15, -0.1) is 0 Å². The van der Waals surface area contributed by atoms with Crippen molar-refractivity contribution in [1.29, 1.82) is 0 Å². The highest BCUT2D eigenvalue weighted by Crippen LogP contribution is 2.22. The average Bonchev–Trinajstić information content (AvgIpc) is 2.65. The maximum absolute atomic E-state index is 12.9. The van der Waals surface area contributed by atoms with Gasteiger partial charge in [0.15, 0.2) is 0 Å². The van der Waals surface area contributed by atoms with Crippen LogP contribution in [0, 0.1) is 5.82 Å². The lowest BCUT2D eigenvalue weighted by atomic mass is 10.0. The third-order valence-electron chi connectivity index (χ3n) is 3.90. The number of hydrazone groups is 1. The lowest BCUT2D eigenvalue weighted by Crippen LogP contribution is -2.19. The fraction of sp³-hybridized carbons (Fsp3) is 0.100. The van der Waals surface area contributed by atoms with Crippen LogP contribution in [0.1, 0.15) is 22.8 Å². The zero-order chi connectivity index (χ0) is 17.8. The highest BCUT2D eigenvalue weighted by Gasteiger charge is 2.06. The molecule has 0 heterocycles. The summed E-state index contributed by atoms with van der Waals surface area (Å²) in [5.74, 6) is 0.0334. The quantitative estimate of drug-likeness (QED) is 0.575. The van der Waals surface area contributed by atoms with Crippen molar-refractivity contribution in [3.05, 3.63) is 77.6 Å². The van der Waals surface area contributed by atoms with Crippen LogP contribution in [0.25, 0.3) is 10.8 Å². The van der Waals surface area contributed by atoms with E-state index in [9.17, 15) is 9.18 Å². The Hall–Kier alpha value is -3.21. The van der Waals surface area contributed by atoms with Crippen LogP contribution < -0.4 is 10.2 Å². The number of carbonyl (C=O) groups is 1. The third-order valence-corrected chi connectivity index (χ3v) is 3.90. The lowest BCUT2D eigenvalue weighted by Gasteiger charge is -2.06. The SMILES string of the molecule is COc1ccc2cc(/C(C)=N\NC(=O)c3ccc(F)cc3)ccc2c1. The maximum Gasteiger partial charge on any atom is 0.271 e. The number of nitrogens with one attached hydrogen (secondary N) is 1. The Morgan fingerprint density at radius 1 is 0.960 bits per heavy atom. The number of halogens is 1. The van der Waals surface area contributed by atoms with Gasteiger partial charge in [0.1, 0.15) is 11.6 Å². The van der Waals surface area contributed by atoms with Crippen molar-refractivity contribution in [3.8, 4) is 5.75 Å². The number of hydrogen-bond donors (Lipinski definition) is 1. The predicted molar refractivity (Wildman–Crippen MR) is 96.6 cm³/mol. The summed E-state index contributed by atoms with van der Waals surface area (Å²) in [6.07, 6.45) is 0. The minimum absolute atomic E-state index is 0.351. The molecule has 0 radical (unpaired) electrons. The zero-order valence-corrected chi connectivity index (χ0v) is 13.9. The normalized spacial score (nSPS) is 11.4. The standard InChI is InChI=1S/C20H17FN2O2/c1-13(22-23-20(24)14-5-8-18(21)9-6-14)15-3-4-17-12-19(25-2)10-7-16(17)11-15/h3-12H,1-2H3,(H,23,24)/b22-13-. The number of fused-ring (bicyclic) bond motifs is 1. The van der Waals surface area contributed by atoms with Crippen LogP contribution in [-0.4, -0.2) is 18.7 Å². The van der Waals surface area contributed by atoms with Gasteiger partial charge in [-0.05, 0) is 65.7 Å². The van der Waals surface area contributed by atoms with Gasteiger partial charge in [0.25, 0.3) is 5.91 Å². The van der Waals surface area contributed by atoms with Gasteiger partial charge in [0, 0.05) is 5.56 Å². The molecule has 126 valence electrons.